The van der Waals surface area contributed by atoms with Gasteiger partial charge in [-0.1, -0.05) is 25.0 Å². The van der Waals surface area contributed by atoms with Crippen LogP contribution in [0.3, 0.4) is 0 Å². The molecule has 0 amide bonds. The number of nitrogens with zero attached hydrogens (tertiary/aromatic N) is 5. The van der Waals surface area contributed by atoms with E-state index in [-0.39, 0.29) is 34.6 Å². The Morgan fingerprint density at radius 3 is 2.84 bits per heavy atom. The number of aromatic nitrogens is 5. The van der Waals surface area contributed by atoms with Gasteiger partial charge in [-0.3, -0.25) is 0 Å². The molecule has 3 heterocycles. The van der Waals surface area contributed by atoms with E-state index < -0.39 is 0 Å². The largest absolute Gasteiger partial charge is 0.450 e. The molecule has 0 bridgehead atoms. The van der Waals surface area contributed by atoms with Crippen LogP contribution in [0.25, 0.3) is 16.9 Å². The molecule has 1 atom stereocenters. The number of nitrogens with one attached hydrogen (secondary N) is 1. The first kappa shape index (κ1) is 21.1. The van der Waals surface area contributed by atoms with Crippen LogP contribution in [-0.4, -0.2) is 31.2 Å². The number of hydrogen-bond donors (Lipinski definition) is 2. The van der Waals surface area contributed by atoms with E-state index in [2.05, 4.69) is 37.2 Å². The Morgan fingerprint density at radius 2 is 2.06 bits per heavy atom. The minimum atomic E-state index is -0.287. The van der Waals surface area contributed by atoms with Gasteiger partial charge in [-0.15, -0.1) is 11.0 Å². The maximum absolute atomic E-state index is 13.3. The van der Waals surface area contributed by atoms with Crippen molar-refractivity contribution in [2.75, 3.05) is 17.7 Å². The van der Waals surface area contributed by atoms with Gasteiger partial charge in [0.25, 0.3) is 0 Å². The Bertz CT molecular complexity index is 1310. The van der Waals surface area contributed by atoms with Crippen molar-refractivity contribution in [3.8, 4) is 29.1 Å². The molecule has 32 heavy (non-hydrogen) atoms. The minimum Gasteiger partial charge on any atom is -0.450 e. The molecule has 0 aliphatic carbocycles. The Labute approximate surface area is 189 Å². The number of halogens is 1. The van der Waals surface area contributed by atoms with Crippen LogP contribution in [0.1, 0.15) is 36.2 Å². The Hall–Kier alpha value is -4.19. The van der Waals surface area contributed by atoms with Gasteiger partial charge in [-0.25, -0.2) is 13.9 Å². The van der Waals surface area contributed by atoms with Crippen LogP contribution < -0.4 is 15.8 Å². The zero-order chi connectivity index (χ0) is 22.5. The normalized spacial score (nSPS) is 11.6. The summed E-state index contributed by atoms with van der Waals surface area (Å²) < 4.78 is 20.5. The monoisotopic (exact) mass is 437 g/mol. The van der Waals surface area contributed by atoms with E-state index in [0.29, 0.717) is 22.7 Å². The van der Waals surface area contributed by atoms with Crippen LogP contribution in [0.15, 0.2) is 48.8 Å². The van der Waals surface area contributed by atoms with E-state index in [1.807, 2.05) is 13.8 Å². The highest BCUT2D eigenvalue weighted by Gasteiger charge is 2.18. The summed E-state index contributed by atoms with van der Waals surface area (Å²) >= 11 is 0. The third kappa shape index (κ3) is 4.59. The Kier molecular flexibility index (Phi) is 6.12. The molecular weight excluding hydrogens is 409 g/mol. The zero-order valence-electron chi connectivity index (χ0n) is 17.7. The highest BCUT2D eigenvalue weighted by atomic mass is 19.1. The quantitative estimate of drug-likeness (QED) is 0.425. The summed E-state index contributed by atoms with van der Waals surface area (Å²) in [7, 11) is 0. The Morgan fingerprint density at radius 1 is 1.25 bits per heavy atom. The lowest BCUT2D eigenvalue weighted by Crippen LogP contribution is -2.10. The standard InChI is InChI=1S/C23H22FN7O.3H2/c1-3-4-5-13-32-23-28-18(20-21(25)30-31-12-6-11-26-22(20)31)14-19(29-23)27-15(2)16-7-9-17(24)10-8-16;;;/h6-12,14-15H,3,13H2,1-2H3,(H2,25,30)(H,27,28,29);3*1H/t15-;;;/m0.../s1. The van der Waals surface area contributed by atoms with Crippen LogP contribution in [-0.2, 0) is 0 Å². The first-order valence-corrected chi connectivity index (χ1v) is 10.1. The van der Waals surface area contributed by atoms with E-state index in [9.17, 15) is 4.39 Å². The molecule has 0 spiro atoms. The van der Waals surface area contributed by atoms with Crippen LogP contribution in [0, 0.1) is 17.7 Å². The summed E-state index contributed by atoms with van der Waals surface area (Å²) in [4.78, 5) is 13.4. The third-order valence-electron chi connectivity index (χ3n) is 4.69. The molecule has 0 radical (unpaired) electrons. The first-order valence-electron chi connectivity index (χ1n) is 10.1. The molecule has 4 rings (SSSR count). The van der Waals surface area contributed by atoms with Gasteiger partial charge in [0.15, 0.2) is 18.1 Å². The lowest BCUT2D eigenvalue weighted by molar-refractivity contribution is 0.340. The molecule has 1 aromatic carbocycles. The van der Waals surface area contributed by atoms with Crippen molar-refractivity contribution >= 4 is 17.3 Å². The second-order valence-corrected chi connectivity index (χ2v) is 6.98. The summed E-state index contributed by atoms with van der Waals surface area (Å²) in [6.45, 7) is 4.07. The van der Waals surface area contributed by atoms with Crippen molar-refractivity contribution in [3.05, 3.63) is 60.2 Å². The van der Waals surface area contributed by atoms with Crippen molar-refractivity contribution in [3.63, 3.8) is 0 Å². The first-order chi connectivity index (χ1) is 15.5. The van der Waals surface area contributed by atoms with Crippen molar-refractivity contribution < 1.29 is 13.4 Å². The fourth-order valence-corrected chi connectivity index (χ4v) is 3.17. The summed E-state index contributed by atoms with van der Waals surface area (Å²) in [5.74, 6) is 6.37. The number of hydrogen-bond acceptors (Lipinski definition) is 7. The molecule has 0 saturated carbocycles. The topological polar surface area (TPSA) is 103 Å². The lowest BCUT2D eigenvalue weighted by Gasteiger charge is -2.16. The number of rotatable bonds is 6. The minimum absolute atomic E-state index is 0. The molecule has 0 saturated heterocycles. The number of benzene rings is 1. The van der Waals surface area contributed by atoms with Gasteiger partial charge in [0.2, 0.25) is 0 Å². The molecule has 0 aliphatic rings. The molecule has 0 unspecified atom stereocenters. The molecule has 0 fully saturated rings. The molecule has 168 valence electrons. The van der Waals surface area contributed by atoms with E-state index in [1.54, 1.807) is 41.2 Å². The number of ether oxygens (including phenoxy) is 1. The number of fused-ring (bicyclic) bond motifs is 1. The van der Waals surface area contributed by atoms with Crippen molar-refractivity contribution in [1.82, 2.24) is 24.6 Å². The fourth-order valence-electron chi connectivity index (χ4n) is 3.17. The maximum atomic E-state index is 13.3. The van der Waals surface area contributed by atoms with Gasteiger partial charge < -0.3 is 15.8 Å². The van der Waals surface area contributed by atoms with E-state index in [4.69, 9.17) is 10.5 Å². The summed E-state index contributed by atoms with van der Waals surface area (Å²) in [5.41, 5.74) is 8.74. The van der Waals surface area contributed by atoms with Crippen LogP contribution >= 0.6 is 0 Å². The average Bonchev–Trinajstić information content (AvgIpc) is 3.12. The zero-order valence-corrected chi connectivity index (χ0v) is 17.7. The molecular formula is C23H28FN7O. The number of nitrogen functional groups attached to an aromatic ring is 1. The van der Waals surface area contributed by atoms with Crippen molar-refractivity contribution in [2.45, 2.75) is 26.3 Å². The molecule has 4 aromatic rings. The van der Waals surface area contributed by atoms with Crippen molar-refractivity contribution in [1.29, 1.82) is 0 Å². The van der Waals surface area contributed by atoms with Gasteiger partial charge >= 0.3 is 6.01 Å². The number of nitrogens with two attached hydrogens (primary N) is 1. The smallest absolute Gasteiger partial charge is 0.319 e. The fraction of sp³-hybridized carbons (Fsp3) is 0.217. The van der Waals surface area contributed by atoms with E-state index in [0.717, 1.165) is 12.0 Å². The SMILES string of the molecule is CCC#CCOc1nc(N[C@@H](C)c2ccc(F)cc2)cc(-c2c(N)nn3cccnc23)n1.[HH].[HH].[HH]. The summed E-state index contributed by atoms with van der Waals surface area (Å²) in [6, 6.07) is 9.81. The third-order valence-corrected chi connectivity index (χ3v) is 4.69. The molecule has 0 aliphatic heterocycles. The predicted octanol–water partition coefficient (Wildman–Crippen LogP) is 4.61. The van der Waals surface area contributed by atoms with Crippen LogP contribution in [0.4, 0.5) is 16.0 Å². The number of anilines is 2. The van der Waals surface area contributed by atoms with E-state index >= 15 is 0 Å². The van der Waals surface area contributed by atoms with E-state index in [1.165, 1.54) is 12.1 Å². The summed E-state index contributed by atoms with van der Waals surface area (Å²) in [6.07, 6.45) is 4.16. The van der Waals surface area contributed by atoms with Crippen LogP contribution in [0.5, 0.6) is 6.01 Å². The molecule has 9 heteroatoms. The van der Waals surface area contributed by atoms with Gasteiger partial charge in [0.05, 0.1) is 11.3 Å². The second-order valence-electron chi connectivity index (χ2n) is 6.98. The Balaban J connectivity index is 0.00000204. The van der Waals surface area contributed by atoms with Gasteiger partial charge in [0, 0.05) is 35.2 Å². The van der Waals surface area contributed by atoms with Gasteiger partial charge in [-0.2, -0.15) is 9.97 Å². The average molecular weight is 438 g/mol. The van der Waals surface area contributed by atoms with Crippen LogP contribution in [0.2, 0.25) is 0 Å². The lowest BCUT2D eigenvalue weighted by atomic mass is 10.1. The predicted molar refractivity (Wildman–Crippen MR) is 127 cm³/mol. The summed E-state index contributed by atoms with van der Waals surface area (Å²) in [5, 5.41) is 7.62. The second kappa shape index (κ2) is 9.31. The highest BCUT2D eigenvalue weighted by Crippen LogP contribution is 2.31. The maximum Gasteiger partial charge on any atom is 0.319 e. The highest BCUT2D eigenvalue weighted by molar-refractivity contribution is 5.85. The molecule has 3 N–H and O–H groups in total. The van der Waals surface area contributed by atoms with Gasteiger partial charge in [0.1, 0.15) is 11.6 Å². The van der Waals surface area contributed by atoms with Gasteiger partial charge in [-0.05, 0) is 30.7 Å². The molecule has 8 nitrogen and oxygen atoms in total. The van der Waals surface area contributed by atoms with Crippen molar-refractivity contribution in [2.24, 2.45) is 0 Å². The molecule has 3 aromatic heterocycles.